The molecule has 0 aliphatic heterocycles. The van der Waals surface area contributed by atoms with Crippen molar-refractivity contribution in [3.63, 3.8) is 0 Å². The van der Waals surface area contributed by atoms with Gasteiger partial charge in [-0.3, -0.25) is 13.9 Å². The van der Waals surface area contributed by atoms with Gasteiger partial charge < -0.3 is 10.2 Å². The van der Waals surface area contributed by atoms with E-state index in [2.05, 4.69) is 5.32 Å². The van der Waals surface area contributed by atoms with Crippen molar-refractivity contribution in [2.24, 2.45) is 0 Å². The molecule has 0 heterocycles. The molecule has 1 unspecified atom stereocenters. The van der Waals surface area contributed by atoms with E-state index >= 15 is 4.39 Å². The van der Waals surface area contributed by atoms with Crippen molar-refractivity contribution < 1.29 is 22.4 Å². The van der Waals surface area contributed by atoms with Crippen LogP contribution >= 0.6 is 0 Å². The molecule has 1 atom stereocenters. The topological polar surface area (TPSA) is 86.8 Å². The van der Waals surface area contributed by atoms with Crippen LogP contribution in [-0.4, -0.2) is 49.8 Å². The van der Waals surface area contributed by atoms with Crippen LogP contribution in [0, 0.1) is 12.7 Å². The molecular formula is C31H38FN3O4S. The van der Waals surface area contributed by atoms with E-state index in [1.807, 2.05) is 58.0 Å². The van der Waals surface area contributed by atoms with Gasteiger partial charge in [0.15, 0.2) is 0 Å². The third-order valence-corrected chi connectivity index (χ3v) is 8.15. The third-order valence-electron chi connectivity index (χ3n) is 6.38. The van der Waals surface area contributed by atoms with Gasteiger partial charge in [-0.1, -0.05) is 67.1 Å². The second-order valence-corrected chi connectivity index (χ2v) is 12.6. The number of carbonyl (C=O) groups excluding carboxylic acids is 2. The lowest BCUT2D eigenvalue weighted by Gasteiger charge is -2.34. The molecule has 40 heavy (non-hydrogen) atoms. The van der Waals surface area contributed by atoms with E-state index in [9.17, 15) is 18.0 Å². The maximum absolute atomic E-state index is 15.0. The van der Waals surface area contributed by atoms with Crippen molar-refractivity contribution in [3.05, 3.63) is 95.8 Å². The lowest BCUT2D eigenvalue weighted by Crippen LogP contribution is -2.56. The van der Waals surface area contributed by atoms with Crippen molar-refractivity contribution >= 4 is 27.5 Å². The van der Waals surface area contributed by atoms with Crippen molar-refractivity contribution in [3.8, 4) is 0 Å². The molecule has 3 aromatic rings. The summed E-state index contributed by atoms with van der Waals surface area (Å²) in [6, 6.07) is 20.3. The second-order valence-electron chi connectivity index (χ2n) is 10.8. The number of rotatable bonds is 11. The fourth-order valence-electron chi connectivity index (χ4n) is 4.35. The van der Waals surface area contributed by atoms with Crippen LogP contribution in [0.3, 0.4) is 0 Å². The minimum absolute atomic E-state index is 0.0671. The van der Waals surface area contributed by atoms with E-state index < -0.39 is 39.9 Å². The highest BCUT2D eigenvalue weighted by atomic mass is 32.2. The Kier molecular flexibility index (Phi) is 10.1. The average Bonchev–Trinajstić information content (AvgIpc) is 2.89. The van der Waals surface area contributed by atoms with Gasteiger partial charge >= 0.3 is 0 Å². The smallest absolute Gasteiger partial charge is 0.264 e. The number of amides is 2. The van der Waals surface area contributed by atoms with Gasteiger partial charge in [0.25, 0.3) is 10.0 Å². The molecule has 1 N–H and O–H groups in total. The van der Waals surface area contributed by atoms with Gasteiger partial charge in [-0.2, -0.15) is 0 Å². The molecule has 3 aromatic carbocycles. The molecular weight excluding hydrogens is 529 g/mol. The molecule has 0 spiro atoms. The molecule has 0 saturated heterocycles. The predicted octanol–water partition coefficient (Wildman–Crippen LogP) is 5.09. The Morgan fingerprint density at radius 1 is 0.925 bits per heavy atom. The van der Waals surface area contributed by atoms with Crippen LogP contribution in [0.4, 0.5) is 10.1 Å². The Hall–Kier alpha value is -3.72. The molecule has 214 valence electrons. The fourth-order valence-corrected chi connectivity index (χ4v) is 5.78. The number of nitrogens with zero attached hydrogens (tertiary/aromatic N) is 2. The lowest BCUT2D eigenvalue weighted by atomic mass is 10.1. The van der Waals surface area contributed by atoms with Gasteiger partial charge in [0.2, 0.25) is 11.8 Å². The second kappa shape index (κ2) is 13.1. The summed E-state index contributed by atoms with van der Waals surface area (Å²) in [5.41, 5.74) is 1.04. The van der Waals surface area contributed by atoms with Gasteiger partial charge in [0, 0.05) is 12.1 Å². The van der Waals surface area contributed by atoms with Gasteiger partial charge in [0.1, 0.15) is 18.4 Å². The summed E-state index contributed by atoms with van der Waals surface area (Å²) < 4.78 is 43.4. The van der Waals surface area contributed by atoms with Gasteiger partial charge in [0.05, 0.1) is 10.6 Å². The zero-order valence-electron chi connectivity index (χ0n) is 23.7. The standard InChI is InChI=1S/C31H38FN3O4S/c1-6-27(30(37)33-31(3,4)5)34(21-20-24-12-8-7-9-13-24)29(36)22-35(28-15-11-10-14-26(28)32)40(38,39)25-18-16-23(2)17-19-25/h7-19,27H,6,20-22H2,1-5H3,(H,33,37). The van der Waals surface area contributed by atoms with E-state index in [0.29, 0.717) is 12.8 Å². The summed E-state index contributed by atoms with van der Waals surface area (Å²) in [6.45, 7) is 8.67. The molecule has 0 radical (unpaired) electrons. The first-order valence-electron chi connectivity index (χ1n) is 13.3. The zero-order valence-corrected chi connectivity index (χ0v) is 24.5. The summed E-state index contributed by atoms with van der Waals surface area (Å²) in [5, 5.41) is 2.93. The SMILES string of the molecule is CCC(C(=O)NC(C)(C)C)N(CCc1ccccc1)C(=O)CN(c1ccccc1F)S(=O)(=O)c1ccc(C)cc1. The summed E-state index contributed by atoms with van der Waals surface area (Å²) in [5.74, 6) is -1.72. The number of benzene rings is 3. The molecule has 0 bridgehead atoms. The van der Waals surface area contributed by atoms with Crippen LogP contribution in [-0.2, 0) is 26.0 Å². The molecule has 0 aliphatic carbocycles. The average molecular weight is 568 g/mol. The van der Waals surface area contributed by atoms with Crippen LogP contribution < -0.4 is 9.62 Å². The van der Waals surface area contributed by atoms with Crippen LogP contribution in [0.5, 0.6) is 0 Å². The van der Waals surface area contributed by atoms with E-state index in [1.54, 1.807) is 19.1 Å². The lowest BCUT2D eigenvalue weighted by molar-refractivity contribution is -0.140. The molecule has 0 aromatic heterocycles. The summed E-state index contributed by atoms with van der Waals surface area (Å²) >= 11 is 0. The van der Waals surface area contributed by atoms with Crippen molar-refractivity contribution in [1.82, 2.24) is 10.2 Å². The minimum atomic E-state index is -4.33. The number of hydrogen-bond acceptors (Lipinski definition) is 4. The number of halogens is 1. The molecule has 9 heteroatoms. The van der Waals surface area contributed by atoms with Crippen molar-refractivity contribution in [2.75, 3.05) is 17.4 Å². The molecule has 0 aliphatic rings. The summed E-state index contributed by atoms with van der Waals surface area (Å²) in [6.07, 6.45) is 0.767. The summed E-state index contributed by atoms with van der Waals surface area (Å²) in [7, 11) is -4.33. The number of nitrogens with one attached hydrogen (secondary N) is 1. The van der Waals surface area contributed by atoms with Crippen LogP contribution in [0.2, 0.25) is 0 Å². The Bertz CT molecular complexity index is 1400. The monoisotopic (exact) mass is 567 g/mol. The summed E-state index contributed by atoms with van der Waals surface area (Å²) in [4.78, 5) is 28.6. The molecule has 7 nitrogen and oxygen atoms in total. The highest BCUT2D eigenvalue weighted by Crippen LogP contribution is 2.27. The number of anilines is 1. The molecule has 3 rings (SSSR count). The van der Waals surface area contributed by atoms with Crippen LogP contribution in [0.15, 0.2) is 83.8 Å². The van der Waals surface area contributed by atoms with Crippen molar-refractivity contribution in [1.29, 1.82) is 0 Å². The van der Waals surface area contributed by atoms with Gasteiger partial charge in [-0.15, -0.1) is 0 Å². The number of sulfonamides is 1. The first-order chi connectivity index (χ1) is 18.8. The third kappa shape index (κ3) is 7.91. The number of carbonyl (C=O) groups is 2. The maximum Gasteiger partial charge on any atom is 0.264 e. The Morgan fingerprint density at radius 2 is 1.52 bits per heavy atom. The predicted molar refractivity (Wildman–Crippen MR) is 156 cm³/mol. The van der Waals surface area contributed by atoms with E-state index in [0.717, 1.165) is 21.5 Å². The van der Waals surface area contributed by atoms with Crippen LogP contribution in [0.1, 0.15) is 45.2 Å². The molecule has 0 fully saturated rings. The van der Waals surface area contributed by atoms with Crippen LogP contribution in [0.25, 0.3) is 0 Å². The normalized spacial score (nSPS) is 12.4. The number of para-hydroxylation sites is 1. The Labute approximate surface area is 237 Å². The highest BCUT2D eigenvalue weighted by Gasteiger charge is 2.35. The Balaban J connectivity index is 2.03. The molecule has 2 amide bonds. The minimum Gasteiger partial charge on any atom is -0.350 e. The highest BCUT2D eigenvalue weighted by molar-refractivity contribution is 7.92. The van der Waals surface area contributed by atoms with E-state index in [-0.39, 0.29) is 23.0 Å². The maximum atomic E-state index is 15.0. The van der Waals surface area contributed by atoms with Gasteiger partial charge in [-0.05, 0) is 70.4 Å². The number of aryl methyl sites for hydroxylation is 1. The molecule has 0 saturated carbocycles. The largest absolute Gasteiger partial charge is 0.350 e. The van der Waals surface area contributed by atoms with Gasteiger partial charge in [-0.25, -0.2) is 12.8 Å². The van der Waals surface area contributed by atoms with Crippen molar-refractivity contribution in [2.45, 2.75) is 63.9 Å². The van der Waals surface area contributed by atoms with E-state index in [1.165, 1.54) is 35.2 Å². The number of hydrogen-bond donors (Lipinski definition) is 1. The quantitative estimate of drug-likeness (QED) is 0.350. The zero-order chi connectivity index (χ0) is 29.5. The van der Waals surface area contributed by atoms with E-state index in [4.69, 9.17) is 0 Å². The first-order valence-corrected chi connectivity index (χ1v) is 14.8. The fraction of sp³-hybridized carbons (Fsp3) is 0.355. The Morgan fingerprint density at radius 3 is 2.10 bits per heavy atom. The first kappa shape index (κ1) is 30.8.